The van der Waals surface area contributed by atoms with Crippen molar-refractivity contribution in [3.63, 3.8) is 0 Å². The molecule has 0 fully saturated rings. The van der Waals surface area contributed by atoms with Crippen LogP contribution in [0.25, 0.3) is 22.5 Å². The molecule has 0 spiro atoms. The standard InChI is InChI=1S/C24H27N3O3.Na.H/c1-2-27(15-9-10-16-30-18-22(28)29)21-17-25-23(19-11-5-3-6-12-19)24(26-21)20-13-7-4-8-14-20;;/h3-8,11-14,17H,2,9-10,15-16,18H2,1H3,(H,28,29);;/q;+1;-1. The number of anilines is 1. The van der Waals surface area contributed by atoms with Crippen LogP contribution >= 0.6 is 0 Å². The number of benzene rings is 2. The minimum Gasteiger partial charge on any atom is -1.00 e. The van der Waals surface area contributed by atoms with E-state index < -0.39 is 5.97 Å². The molecule has 0 aliphatic heterocycles. The molecule has 31 heavy (non-hydrogen) atoms. The van der Waals surface area contributed by atoms with E-state index in [1.54, 1.807) is 0 Å². The summed E-state index contributed by atoms with van der Waals surface area (Å²) in [5.74, 6) is -0.102. The van der Waals surface area contributed by atoms with Crippen molar-refractivity contribution in [3.05, 3.63) is 66.9 Å². The summed E-state index contributed by atoms with van der Waals surface area (Å²) in [6.07, 6.45) is 3.51. The average Bonchev–Trinajstić information content (AvgIpc) is 2.79. The third-order valence-corrected chi connectivity index (χ3v) is 4.75. The first-order chi connectivity index (χ1) is 14.7. The van der Waals surface area contributed by atoms with Gasteiger partial charge in [-0.1, -0.05) is 60.7 Å². The SMILES string of the molecule is CCN(CCCCOCC(=O)O)c1cnc(-c2ccccc2)c(-c2ccccc2)n1.[H-].[Na+]. The smallest absolute Gasteiger partial charge is 1.00 e. The molecule has 158 valence electrons. The van der Waals surface area contributed by atoms with E-state index in [0.717, 1.165) is 54.3 Å². The Balaban J connectivity index is 0.00000256. The fraction of sp³-hybridized carbons (Fsp3) is 0.292. The van der Waals surface area contributed by atoms with Crippen molar-refractivity contribution in [1.82, 2.24) is 9.97 Å². The number of aliphatic carboxylic acids is 1. The van der Waals surface area contributed by atoms with Gasteiger partial charge in [0, 0.05) is 30.8 Å². The molecule has 0 bridgehead atoms. The molecule has 1 heterocycles. The Hall–Kier alpha value is -2.25. The van der Waals surface area contributed by atoms with Gasteiger partial charge in [-0.25, -0.2) is 9.78 Å². The number of unbranched alkanes of at least 4 members (excludes halogenated alkanes) is 1. The van der Waals surface area contributed by atoms with Crippen LogP contribution in [0.1, 0.15) is 21.2 Å². The van der Waals surface area contributed by atoms with E-state index in [1.807, 2.05) is 54.7 Å². The van der Waals surface area contributed by atoms with Crippen molar-refractivity contribution in [2.75, 3.05) is 31.2 Å². The normalized spacial score (nSPS) is 10.4. The molecule has 0 atom stereocenters. The summed E-state index contributed by atoms with van der Waals surface area (Å²) < 4.78 is 5.11. The van der Waals surface area contributed by atoms with E-state index in [-0.39, 0.29) is 37.6 Å². The van der Waals surface area contributed by atoms with E-state index >= 15 is 0 Å². The van der Waals surface area contributed by atoms with Gasteiger partial charge in [0.25, 0.3) is 0 Å². The van der Waals surface area contributed by atoms with Gasteiger partial charge < -0.3 is 16.2 Å². The molecule has 0 aliphatic carbocycles. The van der Waals surface area contributed by atoms with Crippen LogP contribution in [0.4, 0.5) is 5.82 Å². The molecule has 1 N–H and O–H groups in total. The number of hydrogen-bond donors (Lipinski definition) is 1. The first-order valence-corrected chi connectivity index (χ1v) is 10.2. The second-order valence-corrected chi connectivity index (χ2v) is 6.89. The van der Waals surface area contributed by atoms with Crippen LogP contribution in [0.3, 0.4) is 0 Å². The summed E-state index contributed by atoms with van der Waals surface area (Å²) in [7, 11) is 0. The molecule has 0 radical (unpaired) electrons. The van der Waals surface area contributed by atoms with Gasteiger partial charge in [0.05, 0.1) is 17.6 Å². The number of carboxylic acids is 1. The van der Waals surface area contributed by atoms with Crippen molar-refractivity contribution in [2.45, 2.75) is 19.8 Å². The maximum atomic E-state index is 10.5. The number of ether oxygens (including phenoxy) is 1. The Labute approximate surface area is 207 Å². The summed E-state index contributed by atoms with van der Waals surface area (Å²) in [5, 5.41) is 8.62. The summed E-state index contributed by atoms with van der Waals surface area (Å²) in [4.78, 5) is 22.4. The molecular weight excluding hydrogens is 401 g/mol. The van der Waals surface area contributed by atoms with Crippen LogP contribution in [0, 0.1) is 0 Å². The van der Waals surface area contributed by atoms with Gasteiger partial charge in [-0.2, -0.15) is 0 Å². The second-order valence-electron chi connectivity index (χ2n) is 6.89. The van der Waals surface area contributed by atoms with Crippen molar-refractivity contribution in [3.8, 4) is 22.5 Å². The second kappa shape index (κ2) is 13.2. The Bertz CT molecular complexity index is 946. The Morgan fingerprint density at radius 1 is 1.00 bits per heavy atom. The van der Waals surface area contributed by atoms with Gasteiger partial charge in [0.15, 0.2) is 0 Å². The predicted octanol–water partition coefficient (Wildman–Crippen LogP) is 1.63. The molecule has 0 unspecified atom stereocenters. The molecule has 7 heteroatoms. The van der Waals surface area contributed by atoms with Gasteiger partial charge in [-0.05, 0) is 19.8 Å². The van der Waals surface area contributed by atoms with Crippen LogP contribution in [-0.4, -0.2) is 47.3 Å². The zero-order chi connectivity index (χ0) is 21.2. The fourth-order valence-electron chi connectivity index (χ4n) is 3.24. The number of carbonyl (C=O) groups is 1. The molecule has 0 amide bonds. The Morgan fingerprint density at radius 3 is 2.19 bits per heavy atom. The predicted molar refractivity (Wildman–Crippen MR) is 120 cm³/mol. The van der Waals surface area contributed by atoms with Gasteiger partial charge in [-0.15, -0.1) is 0 Å². The minimum atomic E-state index is -0.938. The van der Waals surface area contributed by atoms with E-state index in [2.05, 4.69) is 24.0 Å². The van der Waals surface area contributed by atoms with Crippen molar-refractivity contribution in [1.29, 1.82) is 0 Å². The fourth-order valence-corrected chi connectivity index (χ4v) is 3.24. The maximum Gasteiger partial charge on any atom is 1.00 e. The van der Waals surface area contributed by atoms with Crippen LogP contribution in [-0.2, 0) is 9.53 Å². The summed E-state index contributed by atoms with van der Waals surface area (Å²) in [5.41, 5.74) is 3.80. The number of carboxylic acid groups (broad SMARTS) is 1. The monoisotopic (exact) mass is 429 g/mol. The summed E-state index contributed by atoms with van der Waals surface area (Å²) >= 11 is 0. The summed E-state index contributed by atoms with van der Waals surface area (Å²) in [6, 6.07) is 20.2. The quantitative estimate of drug-likeness (QED) is 0.369. The molecule has 0 aliphatic rings. The topological polar surface area (TPSA) is 75.5 Å². The Kier molecular flexibility index (Phi) is 10.7. The van der Waals surface area contributed by atoms with E-state index in [1.165, 1.54) is 0 Å². The van der Waals surface area contributed by atoms with Gasteiger partial charge in [0.2, 0.25) is 0 Å². The number of rotatable bonds is 11. The van der Waals surface area contributed by atoms with Crippen LogP contribution in [0.2, 0.25) is 0 Å². The minimum absolute atomic E-state index is 0. The van der Waals surface area contributed by atoms with Gasteiger partial charge in [-0.3, -0.25) is 4.98 Å². The Morgan fingerprint density at radius 2 is 1.61 bits per heavy atom. The number of aromatic nitrogens is 2. The molecule has 6 nitrogen and oxygen atoms in total. The molecular formula is C24H28N3NaO3. The third-order valence-electron chi connectivity index (χ3n) is 4.75. The largest absolute Gasteiger partial charge is 1.00 e. The molecule has 3 aromatic rings. The molecule has 1 aromatic heterocycles. The zero-order valence-corrected chi connectivity index (χ0v) is 20.2. The zero-order valence-electron chi connectivity index (χ0n) is 19.2. The summed E-state index contributed by atoms with van der Waals surface area (Å²) in [6.45, 7) is 3.90. The van der Waals surface area contributed by atoms with E-state index in [4.69, 9.17) is 19.8 Å². The first kappa shape index (κ1) is 25.0. The van der Waals surface area contributed by atoms with Gasteiger partial charge in [0.1, 0.15) is 12.4 Å². The van der Waals surface area contributed by atoms with E-state index in [9.17, 15) is 4.79 Å². The van der Waals surface area contributed by atoms with Gasteiger partial charge >= 0.3 is 35.5 Å². The van der Waals surface area contributed by atoms with Crippen molar-refractivity contribution in [2.24, 2.45) is 0 Å². The van der Waals surface area contributed by atoms with Crippen LogP contribution in [0.5, 0.6) is 0 Å². The van der Waals surface area contributed by atoms with Crippen molar-refractivity contribution < 1.29 is 45.6 Å². The molecule has 3 rings (SSSR count). The average molecular weight is 429 g/mol. The molecule has 0 saturated heterocycles. The molecule has 0 saturated carbocycles. The molecule has 2 aromatic carbocycles. The van der Waals surface area contributed by atoms with Crippen molar-refractivity contribution >= 4 is 11.8 Å². The number of hydrogen-bond acceptors (Lipinski definition) is 5. The number of nitrogens with zero attached hydrogens (tertiary/aromatic N) is 3. The van der Waals surface area contributed by atoms with Crippen LogP contribution < -0.4 is 34.5 Å². The first-order valence-electron chi connectivity index (χ1n) is 10.2. The van der Waals surface area contributed by atoms with Crippen LogP contribution in [0.15, 0.2) is 66.9 Å². The maximum absolute atomic E-state index is 10.5. The van der Waals surface area contributed by atoms with E-state index in [0.29, 0.717) is 6.61 Å². The third kappa shape index (κ3) is 7.43.